The molecule has 5 rings (SSSR count). The molecule has 8 heteroatoms. The lowest BCUT2D eigenvalue weighted by Crippen LogP contribution is -2.40. The zero-order valence-corrected chi connectivity index (χ0v) is 21.9. The maximum Gasteiger partial charge on any atom is 0.254 e. The van der Waals surface area contributed by atoms with Crippen LogP contribution in [0.15, 0.2) is 65.8 Å². The Kier molecular flexibility index (Phi) is 8.41. The SMILES string of the molecule is O=C(c1ccc(CSc2nc(Cl)cc(N3CCC(Cc4ccccc4)CC3)n2)cc1)N1CCOCC1. The molecule has 2 fully saturated rings. The van der Waals surface area contributed by atoms with Crippen LogP contribution in [0.5, 0.6) is 0 Å². The van der Waals surface area contributed by atoms with Crippen LogP contribution in [-0.2, 0) is 16.9 Å². The number of piperidine rings is 1. The first-order chi connectivity index (χ1) is 17.6. The normalized spacial score (nSPS) is 16.8. The molecule has 2 saturated heterocycles. The second-order valence-corrected chi connectivity index (χ2v) is 10.7. The smallest absolute Gasteiger partial charge is 0.254 e. The van der Waals surface area contributed by atoms with Crippen molar-refractivity contribution in [1.82, 2.24) is 14.9 Å². The van der Waals surface area contributed by atoms with Crippen LogP contribution >= 0.6 is 23.4 Å². The predicted octanol–water partition coefficient (Wildman–Crippen LogP) is 5.35. The van der Waals surface area contributed by atoms with Crippen molar-refractivity contribution < 1.29 is 9.53 Å². The molecule has 3 heterocycles. The molecule has 36 heavy (non-hydrogen) atoms. The second-order valence-electron chi connectivity index (χ2n) is 9.34. The maximum atomic E-state index is 12.7. The Bertz CT molecular complexity index is 1150. The van der Waals surface area contributed by atoms with Crippen LogP contribution in [0, 0.1) is 5.92 Å². The van der Waals surface area contributed by atoms with Crippen molar-refractivity contribution in [3.8, 4) is 0 Å². The highest BCUT2D eigenvalue weighted by atomic mass is 35.5. The summed E-state index contributed by atoms with van der Waals surface area (Å²) in [6.07, 6.45) is 3.43. The lowest BCUT2D eigenvalue weighted by atomic mass is 9.90. The zero-order valence-electron chi connectivity index (χ0n) is 20.3. The van der Waals surface area contributed by atoms with E-state index < -0.39 is 0 Å². The average Bonchev–Trinajstić information content (AvgIpc) is 2.93. The van der Waals surface area contributed by atoms with Crippen molar-refractivity contribution in [2.45, 2.75) is 30.2 Å². The number of carbonyl (C=O) groups excluding carboxylic acids is 1. The number of rotatable bonds is 7. The Hall–Kier alpha value is -2.61. The quantitative estimate of drug-likeness (QED) is 0.237. The van der Waals surface area contributed by atoms with E-state index in [1.165, 1.54) is 5.56 Å². The first-order valence-electron chi connectivity index (χ1n) is 12.6. The van der Waals surface area contributed by atoms with E-state index in [4.69, 9.17) is 21.3 Å². The molecule has 3 aromatic rings. The van der Waals surface area contributed by atoms with Gasteiger partial charge in [-0.25, -0.2) is 9.97 Å². The van der Waals surface area contributed by atoms with Crippen LogP contribution in [0.3, 0.4) is 0 Å². The summed E-state index contributed by atoms with van der Waals surface area (Å²) < 4.78 is 5.34. The number of halogens is 1. The van der Waals surface area contributed by atoms with Crippen molar-refractivity contribution in [3.05, 3.63) is 82.5 Å². The summed E-state index contributed by atoms with van der Waals surface area (Å²) in [5.74, 6) is 2.38. The van der Waals surface area contributed by atoms with Gasteiger partial charge in [0, 0.05) is 43.6 Å². The fourth-order valence-electron chi connectivity index (χ4n) is 4.77. The van der Waals surface area contributed by atoms with Gasteiger partial charge in [-0.15, -0.1) is 0 Å². The van der Waals surface area contributed by atoms with Crippen LogP contribution < -0.4 is 4.90 Å². The first kappa shape index (κ1) is 25.1. The minimum absolute atomic E-state index is 0.0628. The number of aromatic nitrogens is 2. The highest BCUT2D eigenvalue weighted by Gasteiger charge is 2.22. The van der Waals surface area contributed by atoms with Crippen LogP contribution in [0.2, 0.25) is 5.15 Å². The number of carbonyl (C=O) groups is 1. The van der Waals surface area contributed by atoms with Gasteiger partial charge in [0.2, 0.25) is 0 Å². The second kappa shape index (κ2) is 12.1. The lowest BCUT2D eigenvalue weighted by molar-refractivity contribution is 0.0303. The van der Waals surface area contributed by atoms with E-state index in [1.807, 2.05) is 35.2 Å². The van der Waals surface area contributed by atoms with E-state index >= 15 is 0 Å². The van der Waals surface area contributed by atoms with Gasteiger partial charge in [-0.05, 0) is 48.4 Å². The van der Waals surface area contributed by atoms with E-state index in [2.05, 4.69) is 40.2 Å². The van der Waals surface area contributed by atoms with Crippen molar-refractivity contribution in [3.63, 3.8) is 0 Å². The third-order valence-corrected chi connectivity index (χ3v) is 7.95. The van der Waals surface area contributed by atoms with Gasteiger partial charge in [-0.1, -0.05) is 65.8 Å². The van der Waals surface area contributed by atoms with E-state index in [0.29, 0.717) is 53.8 Å². The summed E-state index contributed by atoms with van der Waals surface area (Å²) in [7, 11) is 0. The zero-order chi connectivity index (χ0) is 24.7. The molecule has 2 aliphatic heterocycles. The highest BCUT2D eigenvalue weighted by molar-refractivity contribution is 7.98. The fraction of sp³-hybridized carbons (Fsp3) is 0.393. The molecule has 0 atom stereocenters. The number of amides is 1. The van der Waals surface area contributed by atoms with E-state index in [0.717, 1.165) is 43.7 Å². The molecule has 2 aromatic carbocycles. The number of thioether (sulfide) groups is 1. The van der Waals surface area contributed by atoms with Gasteiger partial charge in [-0.3, -0.25) is 4.79 Å². The first-order valence-corrected chi connectivity index (χ1v) is 13.9. The fourth-order valence-corrected chi connectivity index (χ4v) is 5.80. The van der Waals surface area contributed by atoms with Crippen LogP contribution in [0.25, 0.3) is 0 Å². The Balaban J connectivity index is 1.15. The lowest BCUT2D eigenvalue weighted by Gasteiger charge is -2.33. The van der Waals surface area contributed by atoms with E-state index in [9.17, 15) is 4.79 Å². The van der Waals surface area contributed by atoms with Crippen molar-refractivity contribution >= 4 is 35.1 Å². The summed E-state index contributed by atoms with van der Waals surface area (Å²) >= 11 is 7.94. The third-order valence-electron chi connectivity index (χ3n) is 6.83. The van der Waals surface area contributed by atoms with Gasteiger partial charge >= 0.3 is 0 Å². The minimum atomic E-state index is 0.0628. The van der Waals surface area contributed by atoms with E-state index in [1.54, 1.807) is 11.8 Å². The van der Waals surface area contributed by atoms with Gasteiger partial charge < -0.3 is 14.5 Å². The topological polar surface area (TPSA) is 58.6 Å². The van der Waals surface area contributed by atoms with Gasteiger partial charge in [0.05, 0.1) is 13.2 Å². The van der Waals surface area contributed by atoms with Crippen LogP contribution in [0.1, 0.15) is 34.3 Å². The number of anilines is 1. The monoisotopic (exact) mass is 522 g/mol. The summed E-state index contributed by atoms with van der Waals surface area (Å²) in [6.45, 7) is 4.47. The Morgan fingerprint density at radius 1 is 0.944 bits per heavy atom. The Morgan fingerprint density at radius 3 is 2.39 bits per heavy atom. The third kappa shape index (κ3) is 6.58. The number of nitrogens with zero attached hydrogens (tertiary/aromatic N) is 4. The summed E-state index contributed by atoms with van der Waals surface area (Å²) in [6, 6.07) is 20.4. The molecule has 0 saturated carbocycles. The molecule has 0 aliphatic carbocycles. The maximum absolute atomic E-state index is 12.7. The minimum Gasteiger partial charge on any atom is -0.378 e. The molecule has 1 aromatic heterocycles. The number of morpholine rings is 1. The predicted molar refractivity (Wildman–Crippen MR) is 145 cm³/mol. The number of ether oxygens (including phenoxy) is 1. The number of hydrogen-bond donors (Lipinski definition) is 0. The van der Waals surface area contributed by atoms with Crippen molar-refractivity contribution in [2.75, 3.05) is 44.3 Å². The summed E-state index contributed by atoms with van der Waals surface area (Å²) in [5.41, 5.74) is 3.24. The molecule has 0 N–H and O–H groups in total. The molecule has 0 unspecified atom stereocenters. The molecule has 1 amide bonds. The molecule has 6 nitrogen and oxygen atoms in total. The Labute approximate surface area is 222 Å². The van der Waals surface area contributed by atoms with Gasteiger partial charge in [0.15, 0.2) is 5.16 Å². The Morgan fingerprint density at radius 2 is 1.67 bits per heavy atom. The van der Waals surface area contributed by atoms with Crippen LogP contribution in [-0.4, -0.2) is 60.2 Å². The average molecular weight is 523 g/mol. The highest BCUT2D eigenvalue weighted by Crippen LogP contribution is 2.29. The largest absolute Gasteiger partial charge is 0.378 e. The van der Waals surface area contributed by atoms with Crippen LogP contribution in [0.4, 0.5) is 5.82 Å². The number of benzene rings is 2. The molecular formula is C28H31ClN4O2S. The molecule has 0 spiro atoms. The van der Waals surface area contributed by atoms with Crippen molar-refractivity contribution in [2.24, 2.45) is 5.92 Å². The molecular weight excluding hydrogens is 492 g/mol. The summed E-state index contributed by atoms with van der Waals surface area (Å²) in [5, 5.41) is 1.15. The summed E-state index contributed by atoms with van der Waals surface area (Å²) in [4.78, 5) is 26.1. The molecule has 2 aliphatic rings. The molecule has 0 radical (unpaired) electrons. The van der Waals surface area contributed by atoms with Crippen molar-refractivity contribution in [1.29, 1.82) is 0 Å². The van der Waals surface area contributed by atoms with E-state index in [-0.39, 0.29) is 5.91 Å². The molecule has 0 bridgehead atoms. The van der Waals surface area contributed by atoms with Gasteiger partial charge in [0.1, 0.15) is 11.0 Å². The standard InChI is InChI=1S/C28H31ClN4O2S/c29-25-19-26(32-12-10-22(11-13-32)18-21-4-2-1-3-5-21)31-28(30-25)36-20-23-6-8-24(9-7-23)27(34)33-14-16-35-17-15-33/h1-9,19,22H,10-18,20H2. The molecule has 188 valence electrons. The van der Waals surface area contributed by atoms with Gasteiger partial charge in [0.25, 0.3) is 5.91 Å². The van der Waals surface area contributed by atoms with Gasteiger partial charge in [-0.2, -0.15) is 0 Å². The number of hydrogen-bond acceptors (Lipinski definition) is 6.